The maximum atomic E-state index is 13.3. The Balaban J connectivity index is 0.00000289. The number of benzene rings is 1. The number of anilines is 2. The molecule has 1 aliphatic heterocycles. The van der Waals surface area contributed by atoms with Gasteiger partial charge in [-0.25, -0.2) is 9.97 Å². The standard InChI is InChI=1S/C21H18ClF3N8O.ClH/c22-15-9-12(1-2-13(15)20(34)32-6-3-26-4-7-32)30-18-19-28-11-16(33(19)8-5-27-18)14-10-29-31-17(14)21(23,24)25;/h1-2,5,8-11,26H,3-4,6-7H2,(H,27,30)(H,29,31);1H. The van der Waals surface area contributed by atoms with Crippen molar-refractivity contribution in [3.05, 3.63) is 59.3 Å². The zero-order valence-electron chi connectivity index (χ0n) is 17.9. The van der Waals surface area contributed by atoms with Crippen LogP contribution in [0.2, 0.25) is 5.02 Å². The number of carbonyl (C=O) groups excluding carboxylic acids is 1. The summed E-state index contributed by atoms with van der Waals surface area (Å²) < 4.78 is 41.4. The molecule has 3 aromatic heterocycles. The second-order valence-corrected chi connectivity index (χ2v) is 8.03. The van der Waals surface area contributed by atoms with E-state index in [0.717, 1.165) is 13.1 Å². The molecule has 14 heteroatoms. The first-order chi connectivity index (χ1) is 16.3. The SMILES string of the molecule is Cl.O=C(c1ccc(Nc2nccn3c(-c4c[nH]nc4C(F)(F)F)cnc23)cc1Cl)N1CCNCC1. The van der Waals surface area contributed by atoms with Gasteiger partial charge < -0.3 is 15.5 Å². The van der Waals surface area contributed by atoms with Crippen LogP contribution >= 0.6 is 24.0 Å². The summed E-state index contributed by atoms with van der Waals surface area (Å²) in [5, 5.41) is 12.1. The van der Waals surface area contributed by atoms with Crippen LogP contribution in [0.15, 0.2) is 43.0 Å². The van der Waals surface area contributed by atoms with Gasteiger partial charge in [-0.05, 0) is 18.2 Å². The molecule has 1 amide bonds. The highest BCUT2D eigenvalue weighted by molar-refractivity contribution is 6.34. The van der Waals surface area contributed by atoms with Gasteiger partial charge in [0.25, 0.3) is 5.91 Å². The van der Waals surface area contributed by atoms with Crippen LogP contribution in [0.5, 0.6) is 0 Å². The Bertz CT molecular complexity index is 1360. The van der Waals surface area contributed by atoms with E-state index < -0.39 is 11.9 Å². The highest BCUT2D eigenvalue weighted by atomic mass is 35.5. The number of fused-ring (bicyclic) bond motifs is 1. The van der Waals surface area contributed by atoms with Crippen LogP contribution in [-0.4, -0.2) is 61.6 Å². The number of halogens is 5. The number of piperazine rings is 1. The number of amides is 1. The molecule has 1 aromatic carbocycles. The molecular formula is C21H19Cl2F3N8O. The molecule has 3 N–H and O–H groups in total. The third-order valence-corrected chi connectivity index (χ3v) is 5.79. The largest absolute Gasteiger partial charge is 0.435 e. The van der Waals surface area contributed by atoms with Gasteiger partial charge in [-0.1, -0.05) is 11.6 Å². The van der Waals surface area contributed by atoms with E-state index in [-0.39, 0.29) is 34.6 Å². The molecule has 35 heavy (non-hydrogen) atoms. The quantitative estimate of drug-likeness (QED) is 0.371. The lowest BCUT2D eigenvalue weighted by atomic mass is 10.1. The van der Waals surface area contributed by atoms with E-state index in [1.807, 2.05) is 0 Å². The van der Waals surface area contributed by atoms with Crippen molar-refractivity contribution in [1.82, 2.24) is 34.8 Å². The average Bonchev–Trinajstić information content (AvgIpc) is 3.47. The first kappa shape index (κ1) is 24.8. The van der Waals surface area contributed by atoms with Gasteiger partial charge in [-0.15, -0.1) is 12.4 Å². The molecule has 0 spiro atoms. The second-order valence-electron chi connectivity index (χ2n) is 7.62. The smallest absolute Gasteiger partial charge is 0.337 e. The topological polar surface area (TPSA) is 103 Å². The van der Waals surface area contributed by atoms with Crippen LogP contribution in [0.25, 0.3) is 16.9 Å². The molecule has 5 rings (SSSR count). The summed E-state index contributed by atoms with van der Waals surface area (Å²) in [6, 6.07) is 4.92. The van der Waals surface area contributed by atoms with E-state index in [0.29, 0.717) is 35.8 Å². The molecule has 9 nitrogen and oxygen atoms in total. The number of H-pyrrole nitrogens is 1. The maximum Gasteiger partial charge on any atom is 0.435 e. The van der Waals surface area contributed by atoms with Crippen molar-refractivity contribution in [2.24, 2.45) is 0 Å². The number of hydrogen-bond donors (Lipinski definition) is 3. The highest BCUT2D eigenvalue weighted by Gasteiger charge is 2.37. The number of aromatic amines is 1. The third-order valence-electron chi connectivity index (χ3n) is 5.48. The molecule has 0 unspecified atom stereocenters. The average molecular weight is 527 g/mol. The lowest BCUT2D eigenvalue weighted by molar-refractivity contribution is -0.140. The van der Waals surface area contributed by atoms with Gasteiger partial charge in [0.1, 0.15) is 0 Å². The van der Waals surface area contributed by atoms with Crippen LogP contribution in [0.1, 0.15) is 16.1 Å². The molecule has 184 valence electrons. The summed E-state index contributed by atoms with van der Waals surface area (Å²) >= 11 is 6.40. The number of carbonyl (C=O) groups is 1. The van der Waals surface area contributed by atoms with Crippen LogP contribution < -0.4 is 10.6 Å². The van der Waals surface area contributed by atoms with E-state index in [4.69, 9.17) is 11.6 Å². The number of aromatic nitrogens is 5. The fourth-order valence-electron chi connectivity index (χ4n) is 3.85. The molecule has 4 aromatic rings. The maximum absolute atomic E-state index is 13.3. The Hall–Kier alpha value is -3.35. The van der Waals surface area contributed by atoms with Gasteiger partial charge in [0.2, 0.25) is 0 Å². The number of nitrogens with zero attached hydrogens (tertiary/aromatic N) is 5. The van der Waals surface area contributed by atoms with Gasteiger partial charge in [0.15, 0.2) is 17.2 Å². The Morgan fingerprint density at radius 1 is 1.17 bits per heavy atom. The van der Waals surface area contributed by atoms with E-state index in [2.05, 4.69) is 30.8 Å². The minimum atomic E-state index is -4.62. The van der Waals surface area contributed by atoms with Gasteiger partial charge in [-0.3, -0.25) is 14.3 Å². The number of rotatable bonds is 4. The summed E-state index contributed by atoms with van der Waals surface area (Å²) in [6.07, 6.45) is 0.836. The fourth-order valence-corrected chi connectivity index (χ4v) is 4.11. The summed E-state index contributed by atoms with van der Waals surface area (Å²) in [5.74, 6) is 0.166. The van der Waals surface area contributed by atoms with Gasteiger partial charge in [0.05, 0.1) is 28.0 Å². The van der Waals surface area contributed by atoms with Gasteiger partial charge in [-0.2, -0.15) is 18.3 Å². The predicted molar refractivity (Wildman–Crippen MR) is 126 cm³/mol. The molecule has 4 heterocycles. The van der Waals surface area contributed by atoms with Crippen molar-refractivity contribution >= 4 is 47.1 Å². The Kier molecular flexibility index (Phi) is 6.88. The predicted octanol–water partition coefficient (Wildman–Crippen LogP) is 4.00. The molecule has 1 aliphatic rings. The van der Waals surface area contributed by atoms with Crippen LogP contribution in [0.3, 0.4) is 0 Å². The lowest BCUT2D eigenvalue weighted by Crippen LogP contribution is -2.46. The highest BCUT2D eigenvalue weighted by Crippen LogP contribution is 2.36. The summed E-state index contributed by atoms with van der Waals surface area (Å²) in [4.78, 5) is 23.0. The molecule has 0 saturated carbocycles. The van der Waals surface area contributed by atoms with Crippen molar-refractivity contribution in [2.75, 3.05) is 31.5 Å². The van der Waals surface area contributed by atoms with E-state index in [1.54, 1.807) is 23.1 Å². The molecule has 1 saturated heterocycles. The molecular weight excluding hydrogens is 508 g/mol. The lowest BCUT2D eigenvalue weighted by Gasteiger charge is -2.27. The first-order valence-electron chi connectivity index (χ1n) is 10.3. The second kappa shape index (κ2) is 9.72. The van der Waals surface area contributed by atoms with Crippen molar-refractivity contribution in [1.29, 1.82) is 0 Å². The normalized spacial score (nSPS) is 14.1. The Morgan fingerprint density at radius 3 is 2.66 bits per heavy atom. The van der Waals surface area contributed by atoms with Gasteiger partial charge >= 0.3 is 6.18 Å². The Labute approximate surface area is 208 Å². The third kappa shape index (κ3) is 4.77. The van der Waals surface area contributed by atoms with Crippen LogP contribution in [0.4, 0.5) is 24.7 Å². The Morgan fingerprint density at radius 2 is 1.94 bits per heavy atom. The van der Waals surface area contributed by atoms with Crippen molar-refractivity contribution in [3.8, 4) is 11.3 Å². The minimum absolute atomic E-state index is 0. The molecule has 0 radical (unpaired) electrons. The van der Waals surface area contributed by atoms with E-state index in [1.165, 1.54) is 29.2 Å². The van der Waals surface area contributed by atoms with Gasteiger partial charge in [0, 0.05) is 50.5 Å². The number of nitrogens with one attached hydrogen (secondary N) is 3. The van der Waals surface area contributed by atoms with Crippen molar-refractivity contribution in [3.63, 3.8) is 0 Å². The minimum Gasteiger partial charge on any atom is -0.337 e. The monoisotopic (exact) mass is 526 g/mol. The van der Waals surface area contributed by atoms with Crippen molar-refractivity contribution in [2.45, 2.75) is 6.18 Å². The summed E-state index contributed by atoms with van der Waals surface area (Å²) in [6.45, 7) is 2.68. The summed E-state index contributed by atoms with van der Waals surface area (Å²) in [5.41, 5.74) is 0.294. The molecule has 0 atom stereocenters. The molecule has 0 bridgehead atoms. The number of imidazole rings is 1. The zero-order valence-corrected chi connectivity index (χ0v) is 19.5. The number of alkyl halides is 3. The first-order valence-corrected chi connectivity index (χ1v) is 10.7. The fraction of sp³-hybridized carbons (Fsp3) is 0.238. The zero-order chi connectivity index (χ0) is 23.9. The molecule has 0 aliphatic carbocycles. The summed E-state index contributed by atoms with van der Waals surface area (Å²) in [7, 11) is 0. The van der Waals surface area contributed by atoms with Crippen LogP contribution in [-0.2, 0) is 6.18 Å². The van der Waals surface area contributed by atoms with E-state index >= 15 is 0 Å². The van der Waals surface area contributed by atoms with E-state index in [9.17, 15) is 18.0 Å². The van der Waals surface area contributed by atoms with Crippen molar-refractivity contribution < 1.29 is 18.0 Å². The van der Waals surface area contributed by atoms with Crippen LogP contribution in [0, 0.1) is 0 Å². The molecule has 1 fully saturated rings. The number of hydrogen-bond acceptors (Lipinski definition) is 6.